The van der Waals surface area contributed by atoms with Gasteiger partial charge in [-0.2, -0.15) is 0 Å². The van der Waals surface area contributed by atoms with E-state index >= 15 is 0 Å². The molecule has 0 saturated heterocycles. The van der Waals surface area contributed by atoms with Crippen LogP contribution in [0.2, 0.25) is 0 Å². The van der Waals surface area contributed by atoms with Crippen LogP contribution < -0.4 is 10.0 Å². The van der Waals surface area contributed by atoms with Gasteiger partial charge in [-0.1, -0.05) is 18.2 Å². The maximum absolute atomic E-state index is 12.2. The van der Waals surface area contributed by atoms with Gasteiger partial charge in [0.2, 0.25) is 15.9 Å². The van der Waals surface area contributed by atoms with Crippen molar-refractivity contribution in [3.8, 4) is 0 Å². The summed E-state index contributed by atoms with van der Waals surface area (Å²) in [6.07, 6.45) is 0.0421. The van der Waals surface area contributed by atoms with Crippen molar-refractivity contribution in [1.82, 2.24) is 10.0 Å². The fourth-order valence-electron chi connectivity index (χ4n) is 2.17. The first-order valence-electron chi connectivity index (χ1n) is 7.73. The van der Waals surface area contributed by atoms with Crippen LogP contribution in [0.3, 0.4) is 0 Å². The summed E-state index contributed by atoms with van der Waals surface area (Å²) in [5.41, 5.74) is 0.445. The van der Waals surface area contributed by atoms with Crippen molar-refractivity contribution < 1.29 is 18.0 Å². The largest absolute Gasteiger partial charge is 0.349 e. The molecule has 2 rings (SSSR count). The molecule has 134 valence electrons. The summed E-state index contributed by atoms with van der Waals surface area (Å²) in [6.45, 7) is 3.29. The van der Waals surface area contributed by atoms with Crippen molar-refractivity contribution in [2.45, 2.75) is 31.2 Å². The van der Waals surface area contributed by atoms with E-state index < -0.39 is 10.0 Å². The molecule has 0 aliphatic heterocycles. The Morgan fingerprint density at radius 2 is 1.84 bits per heavy atom. The molecule has 0 aliphatic carbocycles. The van der Waals surface area contributed by atoms with Crippen LogP contribution in [0.5, 0.6) is 0 Å². The lowest BCUT2D eigenvalue weighted by Gasteiger charge is -2.12. The van der Waals surface area contributed by atoms with E-state index in [0.717, 1.165) is 4.88 Å². The summed E-state index contributed by atoms with van der Waals surface area (Å²) >= 11 is 1.55. The molecule has 1 atom stereocenters. The molecule has 8 heteroatoms. The Hall–Kier alpha value is -2.03. The predicted molar refractivity (Wildman–Crippen MR) is 97.1 cm³/mol. The zero-order valence-corrected chi connectivity index (χ0v) is 15.6. The van der Waals surface area contributed by atoms with Crippen LogP contribution in [0.25, 0.3) is 0 Å². The molecule has 25 heavy (non-hydrogen) atoms. The minimum absolute atomic E-state index is 0.000211. The van der Waals surface area contributed by atoms with Crippen LogP contribution in [0.1, 0.15) is 41.5 Å². The molecule has 1 aromatic carbocycles. The minimum atomic E-state index is -3.71. The molecule has 1 heterocycles. The first-order valence-corrected chi connectivity index (χ1v) is 10.1. The van der Waals surface area contributed by atoms with E-state index in [-0.39, 0.29) is 35.6 Å². The first-order chi connectivity index (χ1) is 11.8. The summed E-state index contributed by atoms with van der Waals surface area (Å²) in [7, 11) is -3.71. The number of carbonyl (C=O) groups is 2. The highest BCUT2D eigenvalue weighted by atomic mass is 32.2. The number of benzene rings is 1. The van der Waals surface area contributed by atoms with Gasteiger partial charge in [0.15, 0.2) is 5.78 Å². The van der Waals surface area contributed by atoms with Crippen LogP contribution in [-0.4, -0.2) is 26.7 Å². The normalized spacial score (nSPS) is 12.6. The number of amides is 1. The van der Waals surface area contributed by atoms with Gasteiger partial charge < -0.3 is 5.32 Å². The number of ketones is 1. The monoisotopic (exact) mass is 380 g/mol. The predicted octanol–water partition coefficient (Wildman–Crippen LogP) is 2.50. The molecule has 2 N–H and O–H groups in total. The fourth-order valence-corrected chi connectivity index (χ4v) is 3.94. The Labute approximate surface area is 151 Å². The van der Waals surface area contributed by atoms with Gasteiger partial charge in [-0.15, -0.1) is 11.3 Å². The standard InChI is InChI=1S/C17H20N2O4S2/c1-12(16-4-3-11-24-16)19-17(21)9-10-18-25(22,23)15-7-5-14(6-8-15)13(2)20/h3-8,11-12,18H,9-10H2,1-2H3,(H,19,21). The quantitative estimate of drug-likeness (QED) is 0.688. The molecule has 1 unspecified atom stereocenters. The maximum Gasteiger partial charge on any atom is 0.240 e. The van der Waals surface area contributed by atoms with Crippen molar-refractivity contribution in [2.75, 3.05) is 6.54 Å². The van der Waals surface area contributed by atoms with E-state index in [1.165, 1.54) is 31.2 Å². The summed E-state index contributed by atoms with van der Waals surface area (Å²) in [5, 5.41) is 4.76. The van der Waals surface area contributed by atoms with Gasteiger partial charge in [0, 0.05) is 23.4 Å². The maximum atomic E-state index is 12.2. The van der Waals surface area contributed by atoms with Crippen LogP contribution in [0.4, 0.5) is 0 Å². The SMILES string of the molecule is CC(=O)c1ccc(S(=O)(=O)NCCC(=O)NC(C)c2cccs2)cc1. The van der Waals surface area contributed by atoms with E-state index in [9.17, 15) is 18.0 Å². The Balaban J connectivity index is 1.85. The molecule has 2 aromatic rings. The van der Waals surface area contributed by atoms with E-state index in [1.54, 1.807) is 11.3 Å². The molecule has 0 fully saturated rings. The zero-order chi connectivity index (χ0) is 18.4. The third-order valence-electron chi connectivity index (χ3n) is 3.56. The lowest BCUT2D eigenvalue weighted by Crippen LogP contribution is -2.31. The molecule has 0 aliphatic rings. The van der Waals surface area contributed by atoms with Crippen LogP contribution >= 0.6 is 11.3 Å². The van der Waals surface area contributed by atoms with Crippen molar-refractivity contribution in [3.63, 3.8) is 0 Å². The number of hydrogen-bond donors (Lipinski definition) is 2. The molecule has 0 bridgehead atoms. The number of nitrogens with one attached hydrogen (secondary N) is 2. The van der Waals surface area contributed by atoms with E-state index in [0.29, 0.717) is 5.56 Å². The third-order valence-corrected chi connectivity index (χ3v) is 6.09. The van der Waals surface area contributed by atoms with Crippen molar-refractivity contribution >= 4 is 33.1 Å². The molecule has 0 saturated carbocycles. The highest BCUT2D eigenvalue weighted by molar-refractivity contribution is 7.89. The number of sulfonamides is 1. The molecular weight excluding hydrogens is 360 g/mol. The third kappa shape index (κ3) is 5.48. The second-order valence-electron chi connectivity index (χ2n) is 5.53. The molecule has 1 amide bonds. The van der Waals surface area contributed by atoms with Crippen LogP contribution in [-0.2, 0) is 14.8 Å². The van der Waals surface area contributed by atoms with Crippen LogP contribution in [0, 0.1) is 0 Å². The van der Waals surface area contributed by atoms with Gasteiger partial charge in [-0.3, -0.25) is 9.59 Å². The first kappa shape index (κ1) is 19.3. The summed E-state index contributed by atoms with van der Waals surface area (Å²) in [4.78, 5) is 24.2. The molecule has 0 spiro atoms. The Morgan fingerprint density at radius 3 is 2.40 bits per heavy atom. The van der Waals surface area contributed by atoms with Gasteiger partial charge in [0.25, 0.3) is 0 Å². The highest BCUT2D eigenvalue weighted by Gasteiger charge is 2.15. The minimum Gasteiger partial charge on any atom is -0.349 e. The smallest absolute Gasteiger partial charge is 0.240 e. The van der Waals surface area contributed by atoms with Gasteiger partial charge >= 0.3 is 0 Å². The zero-order valence-electron chi connectivity index (χ0n) is 14.0. The van der Waals surface area contributed by atoms with E-state index in [4.69, 9.17) is 0 Å². The molecular formula is C17H20N2O4S2. The number of Topliss-reactive ketones (excluding diaryl/α,β-unsaturated/α-hetero) is 1. The van der Waals surface area contributed by atoms with Crippen molar-refractivity contribution in [2.24, 2.45) is 0 Å². The lowest BCUT2D eigenvalue weighted by atomic mass is 10.2. The second-order valence-corrected chi connectivity index (χ2v) is 8.28. The van der Waals surface area contributed by atoms with Gasteiger partial charge in [0.1, 0.15) is 0 Å². The number of rotatable bonds is 8. The van der Waals surface area contributed by atoms with Gasteiger partial charge in [-0.25, -0.2) is 13.1 Å². The Kier molecular flexibility index (Phi) is 6.46. The van der Waals surface area contributed by atoms with Crippen molar-refractivity contribution in [1.29, 1.82) is 0 Å². The summed E-state index contributed by atoms with van der Waals surface area (Å²) in [6, 6.07) is 9.41. The van der Waals surface area contributed by atoms with Gasteiger partial charge in [0.05, 0.1) is 10.9 Å². The van der Waals surface area contributed by atoms with Crippen LogP contribution in [0.15, 0.2) is 46.7 Å². The van der Waals surface area contributed by atoms with Crippen molar-refractivity contribution in [3.05, 3.63) is 52.2 Å². The summed E-state index contributed by atoms with van der Waals surface area (Å²) in [5.74, 6) is -0.357. The lowest BCUT2D eigenvalue weighted by molar-refractivity contribution is -0.121. The molecule has 1 aromatic heterocycles. The fraction of sp³-hybridized carbons (Fsp3) is 0.294. The topological polar surface area (TPSA) is 92.3 Å². The Morgan fingerprint density at radius 1 is 1.16 bits per heavy atom. The molecule has 6 nitrogen and oxygen atoms in total. The summed E-state index contributed by atoms with van der Waals surface area (Å²) < 4.78 is 26.7. The highest BCUT2D eigenvalue weighted by Crippen LogP contribution is 2.18. The van der Waals surface area contributed by atoms with E-state index in [2.05, 4.69) is 10.0 Å². The number of thiophene rings is 1. The van der Waals surface area contributed by atoms with Gasteiger partial charge in [-0.05, 0) is 37.4 Å². The number of carbonyl (C=O) groups excluding carboxylic acids is 2. The Bertz CT molecular complexity index is 828. The number of hydrogen-bond acceptors (Lipinski definition) is 5. The average Bonchev–Trinajstić information content (AvgIpc) is 3.09. The average molecular weight is 380 g/mol. The second kappa shape index (κ2) is 8.37. The molecule has 0 radical (unpaired) electrons. The van der Waals surface area contributed by atoms with E-state index in [1.807, 2.05) is 24.4 Å².